The first-order valence-electron chi connectivity index (χ1n) is 9.59. The Morgan fingerprint density at radius 1 is 1.24 bits per heavy atom. The molecule has 3 unspecified atom stereocenters. The van der Waals surface area contributed by atoms with Gasteiger partial charge in [0.1, 0.15) is 0 Å². The van der Waals surface area contributed by atoms with Gasteiger partial charge in [0.05, 0.1) is 7.11 Å². The largest absolute Gasteiger partial charge is 0.504 e. The Bertz CT molecular complexity index is 575. The molecule has 1 aromatic carbocycles. The summed E-state index contributed by atoms with van der Waals surface area (Å²) in [6, 6.07) is 4.49. The van der Waals surface area contributed by atoms with Gasteiger partial charge >= 0.3 is 0 Å². The van der Waals surface area contributed by atoms with Crippen LogP contribution in [0.2, 0.25) is 0 Å². The summed E-state index contributed by atoms with van der Waals surface area (Å²) in [6.45, 7) is 5.71. The molecule has 0 spiro atoms. The average Bonchev–Trinajstić information content (AvgIpc) is 2.66. The van der Waals surface area contributed by atoms with E-state index in [0.717, 1.165) is 25.8 Å². The van der Waals surface area contributed by atoms with E-state index in [-0.39, 0.29) is 5.41 Å². The van der Waals surface area contributed by atoms with Crippen molar-refractivity contribution in [2.45, 2.75) is 63.8 Å². The van der Waals surface area contributed by atoms with Gasteiger partial charge in [0, 0.05) is 24.1 Å². The first-order chi connectivity index (χ1) is 12.0. The number of benzene rings is 1. The van der Waals surface area contributed by atoms with Gasteiger partial charge in [0.25, 0.3) is 0 Å². The highest BCUT2D eigenvalue weighted by atomic mass is 16.5. The SMILES string of the molecule is CCc1ccc(O)c(OC)c1C12CCCCC1C(C)N(C)CC2.CO. The molecule has 2 aliphatic rings. The summed E-state index contributed by atoms with van der Waals surface area (Å²) in [5.41, 5.74) is 2.83. The molecule has 3 rings (SSSR count). The zero-order valence-electron chi connectivity index (χ0n) is 16.5. The van der Waals surface area contributed by atoms with Crippen molar-refractivity contribution in [3.63, 3.8) is 0 Å². The Hall–Kier alpha value is -1.26. The molecule has 0 amide bonds. The van der Waals surface area contributed by atoms with Crippen molar-refractivity contribution < 1.29 is 14.9 Å². The molecule has 25 heavy (non-hydrogen) atoms. The maximum absolute atomic E-state index is 10.4. The quantitative estimate of drug-likeness (QED) is 0.873. The van der Waals surface area contributed by atoms with Crippen molar-refractivity contribution in [2.24, 2.45) is 5.92 Å². The Kier molecular flexibility index (Phi) is 6.75. The van der Waals surface area contributed by atoms with Gasteiger partial charge in [0.15, 0.2) is 11.5 Å². The van der Waals surface area contributed by atoms with E-state index >= 15 is 0 Å². The number of methoxy groups -OCH3 is 1. The van der Waals surface area contributed by atoms with Crippen molar-refractivity contribution in [1.29, 1.82) is 0 Å². The molecule has 2 N–H and O–H groups in total. The van der Waals surface area contributed by atoms with Gasteiger partial charge in [-0.3, -0.25) is 0 Å². The number of aryl methyl sites for hydroxylation is 1. The van der Waals surface area contributed by atoms with Crippen LogP contribution in [0.1, 0.15) is 57.1 Å². The Morgan fingerprint density at radius 3 is 2.60 bits per heavy atom. The molecule has 1 heterocycles. The van der Waals surface area contributed by atoms with Crippen molar-refractivity contribution in [3.05, 3.63) is 23.3 Å². The number of aromatic hydroxyl groups is 1. The number of phenols is 1. The van der Waals surface area contributed by atoms with E-state index in [9.17, 15) is 5.11 Å². The molecule has 1 saturated heterocycles. The van der Waals surface area contributed by atoms with Crippen molar-refractivity contribution >= 4 is 0 Å². The topological polar surface area (TPSA) is 52.9 Å². The minimum atomic E-state index is 0.166. The summed E-state index contributed by atoms with van der Waals surface area (Å²) < 4.78 is 5.71. The summed E-state index contributed by atoms with van der Waals surface area (Å²) in [5.74, 6) is 1.67. The van der Waals surface area contributed by atoms with Gasteiger partial charge in [-0.05, 0) is 63.7 Å². The summed E-state index contributed by atoms with van der Waals surface area (Å²) in [6.07, 6.45) is 7.29. The van der Waals surface area contributed by atoms with Crippen LogP contribution in [-0.4, -0.2) is 49.0 Å². The molecule has 0 radical (unpaired) electrons. The number of rotatable bonds is 3. The second-order valence-electron chi connectivity index (χ2n) is 7.49. The predicted molar refractivity (Wildman–Crippen MR) is 103 cm³/mol. The molecule has 142 valence electrons. The molecule has 2 fully saturated rings. The first kappa shape index (κ1) is 20.1. The van der Waals surface area contributed by atoms with E-state index in [1.54, 1.807) is 13.2 Å². The lowest BCUT2D eigenvalue weighted by molar-refractivity contribution is 0.0210. The van der Waals surface area contributed by atoms with Crippen molar-refractivity contribution in [1.82, 2.24) is 4.90 Å². The van der Waals surface area contributed by atoms with E-state index in [1.807, 2.05) is 0 Å². The standard InChI is InChI=1S/C20H31NO2.CH4O/c1-5-15-9-10-17(22)19(23-4)18(15)20-11-7-6-8-16(20)14(2)21(3)13-12-20;1-2/h9-10,14,16,22H,5-8,11-13H2,1-4H3;2H,1H3. The molecule has 0 aromatic heterocycles. The molecule has 1 aromatic rings. The maximum Gasteiger partial charge on any atom is 0.164 e. The fraction of sp³-hybridized carbons (Fsp3) is 0.714. The minimum absolute atomic E-state index is 0.166. The van der Waals surface area contributed by atoms with Crippen LogP contribution in [0.3, 0.4) is 0 Å². The highest BCUT2D eigenvalue weighted by Gasteiger charge is 2.50. The van der Waals surface area contributed by atoms with Crippen LogP contribution in [-0.2, 0) is 11.8 Å². The Balaban J connectivity index is 0.00000109. The predicted octanol–water partition coefficient (Wildman–Crippen LogP) is 3.72. The molecule has 4 nitrogen and oxygen atoms in total. The highest BCUT2D eigenvalue weighted by molar-refractivity contribution is 5.54. The number of phenolic OH excluding ortho intramolecular Hbond substituents is 1. The van der Waals surface area contributed by atoms with Gasteiger partial charge in [-0.25, -0.2) is 0 Å². The van der Waals surface area contributed by atoms with Crippen molar-refractivity contribution in [2.75, 3.05) is 27.8 Å². The van der Waals surface area contributed by atoms with Crippen LogP contribution in [0.15, 0.2) is 12.1 Å². The van der Waals surface area contributed by atoms with E-state index in [2.05, 4.69) is 31.9 Å². The monoisotopic (exact) mass is 349 g/mol. The molecule has 3 atom stereocenters. The number of nitrogens with zero attached hydrogens (tertiary/aromatic N) is 1. The van der Waals surface area contributed by atoms with Crippen LogP contribution in [0, 0.1) is 5.92 Å². The van der Waals surface area contributed by atoms with Crippen LogP contribution < -0.4 is 4.74 Å². The first-order valence-corrected chi connectivity index (χ1v) is 9.59. The van der Waals surface area contributed by atoms with E-state index in [4.69, 9.17) is 9.84 Å². The van der Waals surface area contributed by atoms with Crippen LogP contribution in [0.4, 0.5) is 0 Å². The lowest BCUT2D eigenvalue weighted by Crippen LogP contribution is -2.55. The number of aliphatic hydroxyl groups excluding tert-OH is 1. The number of likely N-dealkylation sites (tertiary alicyclic amines) is 1. The average molecular weight is 350 g/mol. The van der Waals surface area contributed by atoms with Gasteiger partial charge in [-0.15, -0.1) is 0 Å². The van der Waals surface area contributed by atoms with E-state index in [0.29, 0.717) is 17.7 Å². The number of hydrogen-bond donors (Lipinski definition) is 2. The van der Waals surface area contributed by atoms with Gasteiger partial charge in [-0.2, -0.15) is 0 Å². The number of piperidine rings is 1. The maximum atomic E-state index is 10.4. The smallest absolute Gasteiger partial charge is 0.164 e. The third kappa shape index (κ3) is 3.39. The van der Waals surface area contributed by atoms with Crippen molar-refractivity contribution in [3.8, 4) is 11.5 Å². The second-order valence-corrected chi connectivity index (χ2v) is 7.49. The number of fused-ring (bicyclic) bond motifs is 1. The van der Waals surface area contributed by atoms with Crippen LogP contribution in [0.5, 0.6) is 11.5 Å². The molecule has 0 bridgehead atoms. The third-order valence-electron chi connectivity index (χ3n) is 6.59. The molecule has 1 aliphatic carbocycles. The number of hydrogen-bond acceptors (Lipinski definition) is 4. The number of aliphatic hydroxyl groups is 1. The zero-order valence-corrected chi connectivity index (χ0v) is 16.5. The summed E-state index contributed by atoms with van der Waals surface area (Å²) in [5, 5.41) is 17.4. The van der Waals surface area contributed by atoms with Gasteiger partial charge in [0.2, 0.25) is 0 Å². The Labute approximate surface area is 152 Å². The summed E-state index contributed by atoms with van der Waals surface area (Å²) >= 11 is 0. The van der Waals surface area contributed by atoms with Gasteiger partial charge < -0.3 is 19.8 Å². The van der Waals surface area contributed by atoms with E-state index in [1.165, 1.54) is 43.2 Å². The number of ether oxygens (including phenoxy) is 1. The zero-order chi connectivity index (χ0) is 18.6. The lowest BCUT2D eigenvalue weighted by atomic mass is 9.56. The van der Waals surface area contributed by atoms with Gasteiger partial charge in [-0.1, -0.05) is 25.8 Å². The normalized spacial score (nSPS) is 29.4. The Morgan fingerprint density at radius 2 is 1.96 bits per heavy atom. The molecule has 4 heteroatoms. The minimum Gasteiger partial charge on any atom is -0.504 e. The molecule has 1 saturated carbocycles. The van der Waals surface area contributed by atoms with Crippen LogP contribution >= 0.6 is 0 Å². The fourth-order valence-corrected chi connectivity index (χ4v) is 5.26. The second kappa shape index (κ2) is 8.41. The molecule has 1 aliphatic heterocycles. The third-order valence-corrected chi connectivity index (χ3v) is 6.59. The molecular weight excluding hydrogens is 314 g/mol. The lowest BCUT2D eigenvalue weighted by Gasteiger charge is -2.54. The van der Waals surface area contributed by atoms with Crippen LogP contribution in [0.25, 0.3) is 0 Å². The highest BCUT2D eigenvalue weighted by Crippen LogP contribution is 2.55. The fourth-order valence-electron chi connectivity index (χ4n) is 5.26. The molecular formula is C21H35NO3. The summed E-state index contributed by atoms with van der Waals surface area (Å²) in [4.78, 5) is 2.51. The van der Waals surface area contributed by atoms with E-state index < -0.39 is 0 Å². The summed E-state index contributed by atoms with van der Waals surface area (Å²) in [7, 11) is 4.95.